The molecule has 3 N–H and O–H groups in total. The smallest absolute Gasteiger partial charge is 0.275 e. The van der Waals surface area contributed by atoms with Crippen LogP contribution in [0.5, 0.6) is 11.5 Å². The minimum atomic E-state index is -0.562. The van der Waals surface area contributed by atoms with E-state index < -0.39 is 5.91 Å². The number of benzene rings is 1. The van der Waals surface area contributed by atoms with E-state index in [1.54, 1.807) is 0 Å². The van der Waals surface area contributed by atoms with Crippen LogP contribution in [-0.4, -0.2) is 22.3 Å². The Morgan fingerprint density at radius 2 is 2.27 bits per heavy atom. The molecule has 0 aromatic heterocycles. The number of hydrogen-bond acceptors (Lipinski definition) is 4. The van der Waals surface area contributed by atoms with E-state index >= 15 is 0 Å². The van der Waals surface area contributed by atoms with E-state index in [9.17, 15) is 9.90 Å². The average molecular weight is 208 g/mol. The second-order valence-corrected chi connectivity index (χ2v) is 2.86. The van der Waals surface area contributed by atoms with Crippen LogP contribution in [0.2, 0.25) is 0 Å². The Labute approximate surface area is 87.1 Å². The van der Waals surface area contributed by atoms with Crippen LogP contribution in [-0.2, 0) is 0 Å². The van der Waals surface area contributed by atoms with Crippen molar-refractivity contribution in [3.63, 3.8) is 0 Å². The standard InChI is InChI=1S/C10H12N2O3/c1-2-5-11-12-10(15)8-6-7(13)3-4-9(8)14/h3-6,13-14H,2H2,1H3,(H,12,15). The monoisotopic (exact) mass is 208 g/mol. The molecular formula is C10H12N2O3. The number of phenolic OH excluding ortho intramolecular Hbond substituents is 2. The number of phenols is 2. The molecule has 5 heteroatoms. The van der Waals surface area contributed by atoms with E-state index in [4.69, 9.17) is 5.11 Å². The highest BCUT2D eigenvalue weighted by Crippen LogP contribution is 2.21. The SMILES string of the molecule is CCC=NNC(=O)c1cc(O)ccc1O. The molecule has 0 atom stereocenters. The number of rotatable bonds is 3. The zero-order valence-electron chi connectivity index (χ0n) is 8.27. The Bertz CT molecular complexity index is 388. The van der Waals surface area contributed by atoms with Crippen LogP contribution in [0, 0.1) is 0 Å². The van der Waals surface area contributed by atoms with Crippen molar-refractivity contribution in [3.05, 3.63) is 23.8 Å². The number of amides is 1. The third kappa shape index (κ3) is 2.98. The van der Waals surface area contributed by atoms with Gasteiger partial charge in [0.1, 0.15) is 11.5 Å². The van der Waals surface area contributed by atoms with Gasteiger partial charge in [0, 0.05) is 6.21 Å². The Hall–Kier alpha value is -2.04. The van der Waals surface area contributed by atoms with E-state index in [0.29, 0.717) is 6.42 Å². The molecule has 0 fully saturated rings. The minimum Gasteiger partial charge on any atom is -0.508 e. The molecule has 0 radical (unpaired) electrons. The lowest BCUT2D eigenvalue weighted by molar-refractivity contribution is 0.0952. The van der Waals surface area contributed by atoms with Gasteiger partial charge in [0.05, 0.1) is 5.56 Å². The molecule has 0 bridgehead atoms. The molecule has 0 unspecified atom stereocenters. The van der Waals surface area contributed by atoms with Crippen LogP contribution in [0.4, 0.5) is 0 Å². The third-order valence-electron chi connectivity index (χ3n) is 1.66. The first-order chi connectivity index (χ1) is 7.15. The van der Waals surface area contributed by atoms with Gasteiger partial charge in [-0.2, -0.15) is 5.10 Å². The summed E-state index contributed by atoms with van der Waals surface area (Å²) >= 11 is 0. The second kappa shape index (κ2) is 4.99. The normalized spacial score (nSPS) is 10.5. The maximum absolute atomic E-state index is 11.4. The summed E-state index contributed by atoms with van der Waals surface area (Å²) in [7, 11) is 0. The van der Waals surface area contributed by atoms with Crippen molar-refractivity contribution in [2.45, 2.75) is 13.3 Å². The molecule has 15 heavy (non-hydrogen) atoms. The Morgan fingerprint density at radius 1 is 1.53 bits per heavy atom. The van der Waals surface area contributed by atoms with Gasteiger partial charge in [0.2, 0.25) is 0 Å². The topological polar surface area (TPSA) is 81.9 Å². The van der Waals surface area contributed by atoms with Gasteiger partial charge in [-0.25, -0.2) is 5.43 Å². The number of nitrogens with one attached hydrogen (secondary N) is 1. The molecule has 0 aliphatic heterocycles. The van der Waals surface area contributed by atoms with Crippen molar-refractivity contribution in [2.75, 3.05) is 0 Å². The molecule has 0 saturated heterocycles. The van der Waals surface area contributed by atoms with E-state index in [0.717, 1.165) is 0 Å². The minimum absolute atomic E-state index is 0.0109. The molecule has 5 nitrogen and oxygen atoms in total. The summed E-state index contributed by atoms with van der Waals surface area (Å²) in [4.78, 5) is 11.4. The van der Waals surface area contributed by atoms with Gasteiger partial charge in [-0.3, -0.25) is 4.79 Å². The summed E-state index contributed by atoms with van der Waals surface area (Å²) < 4.78 is 0. The van der Waals surface area contributed by atoms with E-state index in [-0.39, 0.29) is 17.1 Å². The number of aromatic hydroxyl groups is 2. The molecule has 0 saturated carbocycles. The van der Waals surface area contributed by atoms with Crippen LogP contribution >= 0.6 is 0 Å². The zero-order chi connectivity index (χ0) is 11.3. The lowest BCUT2D eigenvalue weighted by Gasteiger charge is -2.02. The second-order valence-electron chi connectivity index (χ2n) is 2.86. The highest BCUT2D eigenvalue weighted by Gasteiger charge is 2.10. The van der Waals surface area contributed by atoms with Crippen LogP contribution in [0.3, 0.4) is 0 Å². The van der Waals surface area contributed by atoms with Gasteiger partial charge >= 0.3 is 0 Å². The first-order valence-corrected chi connectivity index (χ1v) is 4.49. The molecule has 0 aliphatic rings. The molecule has 1 rings (SSSR count). The van der Waals surface area contributed by atoms with Gasteiger partial charge in [-0.15, -0.1) is 0 Å². The van der Waals surface area contributed by atoms with Crippen LogP contribution in [0.15, 0.2) is 23.3 Å². The van der Waals surface area contributed by atoms with E-state index in [1.807, 2.05) is 6.92 Å². The number of carbonyl (C=O) groups excluding carboxylic acids is 1. The fraction of sp³-hybridized carbons (Fsp3) is 0.200. The first kappa shape index (κ1) is 11.0. The lowest BCUT2D eigenvalue weighted by atomic mass is 10.2. The van der Waals surface area contributed by atoms with Gasteiger partial charge in [0.15, 0.2) is 0 Å². The maximum Gasteiger partial charge on any atom is 0.275 e. The molecule has 0 heterocycles. The Kier molecular flexibility index (Phi) is 3.68. The summed E-state index contributed by atoms with van der Waals surface area (Å²) in [5, 5.41) is 22.1. The number of hydrazone groups is 1. The number of nitrogens with zero attached hydrogens (tertiary/aromatic N) is 1. The Morgan fingerprint density at radius 3 is 2.93 bits per heavy atom. The summed E-state index contributed by atoms with van der Waals surface area (Å²) in [6, 6.07) is 3.71. The quantitative estimate of drug-likeness (QED) is 0.397. The largest absolute Gasteiger partial charge is 0.508 e. The Balaban J connectivity index is 2.81. The third-order valence-corrected chi connectivity index (χ3v) is 1.66. The van der Waals surface area contributed by atoms with Crippen LogP contribution < -0.4 is 5.43 Å². The summed E-state index contributed by atoms with van der Waals surface area (Å²) in [5.74, 6) is -0.845. The van der Waals surface area contributed by atoms with Gasteiger partial charge in [0.25, 0.3) is 5.91 Å². The van der Waals surface area contributed by atoms with Crippen molar-refractivity contribution < 1.29 is 15.0 Å². The van der Waals surface area contributed by atoms with Crippen molar-refractivity contribution in [3.8, 4) is 11.5 Å². The highest BCUT2D eigenvalue weighted by molar-refractivity contribution is 5.97. The van der Waals surface area contributed by atoms with Crippen LogP contribution in [0.1, 0.15) is 23.7 Å². The molecule has 1 amide bonds. The predicted octanol–water partition coefficient (Wildman–Crippen LogP) is 1.22. The van der Waals surface area contributed by atoms with E-state index in [2.05, 4.69) is 10.5 Å². The van der Waals surface area contributed by atoms with Gasteiger partial charge in [-0.1, -0.05) is 6.92 Å². The molecule has 80 valence electrons. The predicted molar refractivity (Wildman–Crippen MR) is 56.0 cm³/mol. The molecule has 0 spiro atoms. The number of hydrogen-bond donors (Lipinski definition) is 3. The van der Waals surface area contributed by atoms with Crippen LogP contribution in [0.25, 0.3) is 0 Å². The summed E-state index contributed by atoms with van der Waals surface area (Å²) in [6.45, 7) is 1.88. The van der Waals surface area contributed by atoms with Crippen molar-refractivity contribution in [1.29, 1.82) is 0 Å². The first-order valence-electron chi connectivity index (χ1n) is 4.49. The molecule has 0 aliphatic carbocycles. The average Bonchev–Trinajstić information content (AvgIpc) is 2.22. The van der Waals surface area contributed by atoms with Crippen molar-refractivity contribution in [2.24, 2.45) is 5.10 Å². The molecular weight excluding hydrogens is 196 g/mol. The van der Waals surface area contributed by atoms with E-state index in [1.165, 1.54) is 24.4 Å². The van der Waals surface area contributed by atoms with Crippen molar-refractivity contribution in [1.82, 2.24) is 5.43 Å². The number of carbonyl (C=O) groups is 1. The molecule has 1 aromatic carbocycles. The highest BCUT2D eigenvalue weighted by atomic mass is 16.3. The van der Waals surface area contributed by atoms with Gasteiger partial charge in [-0.05, 0) is 24.6 Å². The fourth-order valence-corrected chi connectivity index (χ4v) is 0.962. The lowest BCUT2D eigenvalue weighted by Crippen LogP contribution is -2.17. The van der Waals surface area contributed by atoms with Crippen molar-refractivity contribution >= 4 is 12.1 Å². The molecule has 1 aromatic rings. The summed E-state index contributed by atoms with van der Waals surface area (Å²) in [6.07, 6.45) is 2.23. The fourth-order valence-electron chi connectivity index (χ4n) is 0.962. The maximum atomic E-state index is 11.4. The summed E-state index contributed by atoms with van der Waals surface area (Å²) in [5.41, 5.74) is 2.22. The zero-order valence-corrected chi connectivity index (χ0v) is 8.27. The van der Waals surface area contributed by atoms with Gasteiger partial charge < -0.3 is 10.2 Å².